The fourth-order valence-corrected chi connectivity index (χ4v) is 2.71. The fourth-order valence-electron chi connectivity index (χ4n) is 2.44. The number of methoxy groups -OCH3 is 1. The molecule has 1 amide bonds. The van der Waals surface area contributed by atoms with Crippen LogP contribution in [0.3, 0.4) is 0 Å². The molecule has 2 rings (SSSR count). The predicted molar refractivity (Wildman–Crippen MR) is 82.4 cm³/mol. The maximum Gasteiger partial charge on any atom is 0.522 e. The van der Waals surface area contributed by atoms with Gasteiger partial charge in [-0.05, 0) is 17.7 Å². The largest absolute Gasteiger partial charge is 0.522 e. The van der Waals surface area contributed by atoms with E-state index >= 15 is 0 Å². The van der Waals surface area contributed by atoms with Crippen molar-refractivity contribution in [2.45, 2.75) is 31.5 Å². The summed E-state index contributed by atoms with van der Waals surface area (Å²) in [6.45, 7) is -0.500. The van der Waals surface area contributed by atoms with Gasteiger partial charge >= 0.3 is 18.4 Å². The SMILES string of the molecule is COC(=O)[C@@H]1C[C@@H](OC(F)(F)F)CN1C(=O)OCc1ccc(Br)cc1. The molecule has 0 saturated carbocycles. The van der Waals surface area contributed by atoms with E-state index in [9.17, 15) is 22.8 Å². The molecule has 0 unspecified atom stereocenters. The van der Waals surface area contributed by atoms with Crippen LogP contribution in [0.2, 0.25) is 0 Å². The molecule has 1 aliphatic heterocycles. The lowest BCUT2D eigenvalue weighted by Gasteiger charge is -2.21. The van der Waals surface area contributed by atoms with Gasteiger partial charge in [0.05, 0.1) is 19.8 Å². The summed E-state index contributed by atoms with van der Waals surface area (Å²) in [5.74, 6) is -0.825. The van der Waals surface area contributed by atoms with Gasteiger partial charge in [0.25, 0.3) is 0 Å². The highest BCUT2D eigenvalue weighted by molar-refractivity contribution is 9.10. The van der Waals surface area contributed by atoms with Gasteiger partial charge in [0, 0.05) is 10.9 Å². The van der Waals surface area contributed by atoms with E-state index in [4.69, 9.17) is 4.74 Å². The number of benzene rings is 1. The molecular weight excluding hydrogens is 411 g/mol. The van der Waals surface area contributed by atoms with Crippen molar-refractivity contribution < 1.29 is 37.0 Å². The maximum atomic E-state index is 12.4. The topological polar surface area (TPSA) is 65.1 Å². The summed E-state index contributed by atoms with van der Waals surface area (Å²) in [4.78, 5) is 24.8. The molecule has 10 heteroatoms. The van der Waals surface area contributed by atoms with E-state index < -0.39 is 37.1 Å². The molecule has 1 aliphatic rings. The number of esters is 1. The Labute approximate surface area is 149 Å². The van der Waals surface area contributed by atoms with E-state index in [0.717, 1.165) is 16.5 Å². The Balaban J connectivity index is 2.01. The van der Waals surface area contributed by atoms with Gasteiger partial charge in [0.2, 0.25) is 0 Å². The van der Waals surface area contributed by atoms with Gasteiger partial charge in [0.15, 0.2) is 0 Å². The molecule has 1 heterocycles. The Morgan fingerprint density at radius 3 is 2.48 bits per heavy atom. The number of alkyl halides is 3. The predicted octanol–water partition coefficient (Wildman–Crippen LogP) is 3.24. The highest BCUT2D eigenvalue weighted by atomic mass is 79.9. The molecule has 0 aromatic heterocycles. The first-order chi connectivity index (χ1) is 11.7. The first-order valence-corrected chi connectivity index (χ1v) is 7.99. The van der Waals surface area contributed by atoms with Gasteiger partial charge in [-0.25, -0.2) is 9.59 Å². The number of carbonyl (C=O) groups is 2. The average molecular weight is 426 g/mol. The Morgan fingerprint density at radius 2 is 1.92 bits per heavy atom. The van der Waals surface area contributed by atoms with Crippen LogP contribution in [0, 0.1) is 0 Å². The zero-order valence-electron chi connectivity index (χ0n) is 13.1. The van der Waals surface area contributed by atoms with Crippen molar-refractivity contribution in [2.24, 2.45) is 0 Å². The monoisotopic (exact) mass is 425 g/mol. The third kappa shape index (κ3) is 5.60. The summed E-state index contributed by atoms with van der Waals surface area (Å²) in [7, 11) is 1.09. The quantitative estimate of drug-likeness (QED) is 0.692. The summed E-state index contributed by atoms with van der Waals surface area (Å²) in [6.07, 6.45) is -7.45. The molecule has 138 valence electrons. The van der Waals surface area contributed by atoms with Gasteiger partial charge in [-0.15, -0.1) is 13.2 Å². The van der Waals surface area contributed by atoms with Crippen molar-refractivity contribution in [1.82, 2.24) is 4.90 Å². The van der Waals surface area contributed by atoms with Crippen LogP contribution in [-0.4, -0.2) is 49.1 Å². The zero-order chi connectivity index (χ0) is 18.6. The minimum atomic E-state index is -4.86. The van der Waals surface area contributed by atoms with Gasteiger partial charge in [-0.3, -0.25) is 9.64 Å². The van der Waals surface area contributed by atoms with Crippen molar-refractivity contribution in [3.8, 4) is 0 Å². The highest BCUT2D eigenvalue weighted by Crippen LogP contribution is 2.28. The summed E-state index contributed by atoms with van der Waals surface area (Å²) in [5.41, 5.74) is 0.688. The molecule has 0 radical (unpaired) electrons. The number of nitrogens with zero attached hydrogens (tertiary/aromatic N) is 1. The second-order valence-corrected chi connectivity index (χ2v) is 6.21. The van der Waals surface area contributed by atoms with E-state index in [1.807, 2.05) is 0 Å². The minimum absolute atomic E-state index is 0.0820. The molecule has 25 heavy (non-hydrogen) atoms. The molecule has 1 fully saturated rings. The summed E-state index contributed by atoms with van der Waals surface area (Å²) in [5, 5.41) is 0. The molecule has 1 aromatic rings. The molecule has 1 aromatic carbocycles. The number of hydrogen-bond donors (Lipinski definition) is 0. The number of rotatable bonds is 4. The van der Waals surface area contributed by atoms with E-state index in [0.29, 0.717) is 5.56 Å². The Bertz CT molecular complexity index is 623. The molecule has 0 spiro atoms. The van der Waals surface area contributed by atoms with Gasteiger partial charge in [0.1, 0.15) is 12.6 Å². The molecule has 2 atom stereocenters. The Morgan fingerprint density at radius 1 is 1.28 bits per heavy atom. The van der Waals surface area contributed by atoms with Gasteiger partial charge in [-0.2, -0.15) is 0 Å². The molecule has 0 bridgehead atoms. The maximum absolute atomic E-state index is 12.4. The van der Waals surface area contributed by atoms with Crippen LogP contribution in [0.15, 0.2) is 28.7 Å². The second-order valence-electron chi connectivity index (χ2n) is 5.29. The van der Waals surface area contributed by atoms with Crippen molar-refractivity contribution in [3.63, 3.8) is 0 Å². The minimum Gasteiger partial charge on any atom is -0.467 e. The lowest BCUT2D eigenvalue weighted by atomic mass is 10.2. The molecule has 0 N–H and O–H groups in total. The van der Waals surface area contributed by atoms with Crippen LogP contribution in [0.1, 0.15) is 12.0 Å². The number of amides is 1. The van der Waals surface area contributed by atoms with Crippen LogP contribution >= 0.6 is 15.9 Å². The number of ether oxygens (including phenoxy) is 3. The lowest BCUT2D eigenvalue weighted by Crippen LogP contribution is -2.41. The Kier molecular flexibility index (Phi) is 6.28. The van der Waals surface area contributed by atoms with Gasteiger partial charge in [-0.1, -0.05) is 28.1 Å². The first-order valence-electron chi connectivity index (χ1n) is 7.20. The van der Waals surface area contributed by atoms with Crippen LogP contribution in [0.4, 0.5) is 18.0 Å². The molecular formula is C15H15BrF3NO5. The summed E-state index contributed by atoms with van der Waals surface area (Å²) >= 11 is 3.27. The standard InChI is InChI=1S/C15H15BrF3NO5/c1-23-13(21)12-6-11(25-15(17,18)19)7-20(12)14(22)24-8-9-2-4-10(16)5-3-9/h2-5,11-12H,6-8H2,1H3/t11-,12+/m1/s1. The van der Waals surface area contributed by atoms with Crippen molar-refractivity contribution >= 4 is 28.0 Å². The van der Waals surface area contributed by atoms with Crippen LogP contribution in [0.25, 0.3) is 0 Å². The number of likely N-dealkylation sites (tertiary alicyclic amines) is 1. The van der Waals surface area contributed by atoms with Crippen molar-refractivity contribution in [1.29, 1.82) is 0 Å². The number of carbonyl (C=O) groups excluding carboxylic acids is 2. The lowest BCUT2D eigenvalue weighted by molar-refractivity contribution is -0.340. The first kappa shape index (κ1) is 19.5. The van der Waals surface area contributed by atoms with Crippen molar-refractivity contribution in [3.05, 3.63) is 34.3 Å². The second kappa shape index (κ2) is 8.05. The average Bonchev–Trinajstić information content (AvgIpc) is 2.95. The number of halogens is 4. The normalized spacial score (nSPS) is 20.4. The molecule has 1 saturated heterocycles. The van der Waals surface area contributed by atoms with E-state index in [1.165, 1.54) is 0 Å². The molecule has 0 aliphatic carbocycles. The third-order valence-electron chi connectivity index (χ3n) is 3.55. The zero-order valence-corrected chi connectivity index (χ0v) is 14.7. The van der Waals surface area contributed by atoms with Crippen LogP contribution in [-0.2, 0) is 25.6 Å². The van der Waals surface area contributed by atoms with Crippen molar-refractivity contribution in [2.75, 3.05) is 13.7 Å². The number of hydrogen-bond acceptors (Lipinski definition) is 5. The third-order valence-corrected chi connectivity index (χ3v) is 4.08. The smallest absolute Gasteiger partial charge is 0.467 e. The van der Waals surface area contributed by atoms with E-state index in [2.05, 4.69) is 25.4 Å². The van der Waals surface area contributed by atoms with Crippen LogP contribution in [0.5, 0.6) is 0 Å². The Hall–Kier alpha value is -1.81. The molecule has 6 nitrogen and oxygen atoms in total. The highest BCUT2D eigenvalue weighted by Gasteiger charge is 2.46. The van der Waals surface area contributed by atoms with E-state index in [1.54, 1.807) is 24.3 Å². The summed E-state index contributed by atoms with van der Waals surface area (Å²) < 4.78 is 51.5. The summed E-state index contributed by atoms with van der Waals surface area (Å²) in [6, 6.07) is 5.76. The van der Waals surface area contributed by atoms with Crippen LogP contribution < -0.4 is 0 Å². The van der Waals surface area contributed by atoms with Gasteiger partial charge < -0.3 is 9.47 Å². The fraction of sp³-hybridized carbons (Fsp3) is 0.467. The van der Waals surface area contributed by atoms with E-state index in [-0.39, 0.29) is 13.0 Å².